The van der Waals surface area contributed by atoms with Gasteiger partial charge in [0.1, 0.15) is 6.04 Å². The van der Waals surface area contributed by atoms with E-state index >= 15 is 0 Å². The summed E-state index contributed by atoms with van der Waals surface area (Å²) >= 11 is -2.61. The molecular weight excluding hydrogens is 174 g/mol. The van der Waals surface area contributed by atoms with Crippen LogP contribution in [0.5, 0.6) is 0 Å². The van der Waals surface area contributed by atoms with Gasteiger partial charge in [-0.25, -0.2) is 4.72 Å². The molecule has 0 aromatic carbocycles. The molecule has 0 fully saturated rings. The second kappa shape index (κ2) is 5.19. The fraction of sp³-hybridized carbons (Fsp3) is 0.750. The molecule has 0 aliphatic rings. The van der Waals surface area contributed by atoms with E-state index in [1.807, 2.05) is 0 Å². The standard InChI is InChI=1S/C4H9NO5S/c6-2-1-3(4(7)8)5-11(9)10/h3,5-6H,1-2H2,(H,7,8)(H,9,10)/p-1/t3-/m0/s1. The van der Waals surface area contributed by atoms with E-state index in [9.17, 15) is 13.6 Å². The zero-order valence-electron chi connectivity index (χ0n) is 5.52. The van der Waals surface area contributed by atoms with Crippen molar-refractivity contribution < 1.29 is 23.8 Å². The number of carbonyl (C=O) groups is 1. The van der Waals surface area contributed by atoms with E-state index in [-0.39, 0.29) is 13.0 Å². The minimum absolute atomic E-state index is 0.136. The molecule has 0 aromatic heterocycles. The third kappa shape index (κ3) is 4.85. The molecule has 0 rings (SSSR count). The van der Waals surface area contributed by atoms with Crippen LogP contribution in [0.3, 0.4) is 0 Å². The van der Waals surface area contributed by atoms with Gasteiger partial charge < -0.3 is 14.8 Å². The van der Waals surface area contributed by atoms with Crippen molar-refractivity contribution in [1.29, 1.82) is 0 Å². The summed E-state index contributed by atoms with van der Waals surface area (Å²) in [4.78, 5) is 10.2. The number of rotatable bonds is 5. The fourth-order valence-corrected chi connectivity index (χ4v) is 0.929. The van der Waals surface area contributed by atoms with Crippen LogP contribution in [-0.2, 0) is 16.1 Å². The first kappa shape index (κ1) is 10.5. The molecule has 66 valence electrons. The van der Waals surface area contributed by atoms with E-state index < -0.39 is 23.3 Å². The van der Waals surface area contributed by atoms with Gasteiger partial charge in [-0.1, -0.05) is 0 Å². The van der Waals surface area contributed by atoms with Crippen molar-refractivity contribution in [3.05, 3.63) is 0 Å². The molecular formula is C4H8NO5S-. The maximum absolute atomic E-state index is 10.2. The molecule has 3 N–H and O–H groups in total. The maximum Gasteiger partial charge on any atom is 0.321 e. The Balaban J connectivity index is 3.89. The summed E-state index contributed by atoms with van der Waals surface area (Å²) in [6.45, 7) is -0.374. The van der Waals surface area contributed by atoms with Gasteiger partial charge in [-0.2, -0.15) is 0 Å². The van der Waals surface area contributed by atoms with Gasteiger partial charge in [0.25, 0.3) is 0 Å². The number of nitrogens with one attached hydrogen (secondary N) is 1. The van der Waals surface area contributed by atoms with Gasteiger partial charge in [0, 0.05) is 17.9 Å². The van der Waals surface area contributed by atoms with Gasteiger partial charge in [0.05, 0.1) is 0 Å². The molecule has 0 aromatic rings. The summed E-state index contributed by atoms with van der Waals surface area (Å²) in [6, 6.07) is -1.24. The molecule has 1 unspecified atom stereocenters. The maximum atomic E-state index is 10.2. The Morgan fingerprint density at radius 2 is 2.27 bits per heavy atom. The molecule has 0 saturated heterocycles. The predicted octanol–water partition coefficient (Wildman–Crippen LogP) is -1.79. The minimum Gasteiger partial charge on any atom is -0.760 e. The van der Waals surface area contributed by atoms with Gasteiger partial charge in [-0.05, 0) is 6.42 Å². The van der Waals surface area contributed by atoms with Crippen LogP contribution in [0.1, 0.15) is 6.42 Å². The number of carboxylic acids is 1. The Hall–Kier alpha value is -0.500. The quantitative estimate of drug-likeness (QED) is 0.435. The van der Waals surface area contributed by atoms with E-state index in [0.29, 0.717) is 0 Å². The van der Waals surface area contributed by atoms with E-state index in [1.165, 1.54) is 0 Å². The van der Waals surface area contributed by atoms with Crippen LogP contribution >= 0.6 is 0 Å². The van der Waals surface area contributed by atoms with Crippen molar-refractivity contribution in [2.45, 2.75) is 12.5 Å². The lowest BCUT2D eigenvalue weighted by atomic mass is 10.2. The number of aliphatic hydroxyl groups is 1. The van der Waals surface area contributed by atoms with E-state index in [1.54, 1.807) is 4.72 Å². The second-order valence-corrected chi connectivity index (χ2v) is 2.46. The lowest BCUT2D eigenvalue weighted by Crippen LogP contribution is -2.38. The van der Waals surface area contributed by atoms with Crippen LogP contribution in [0.25, 0.3) is 0 Å². The third-order valence-corrected chi connectivity index (χ3v) is 1.43. The van der Waals surface area contributed by atoms with Gasteiger partial charge in [0.2, 0.25) is 0 Å². The molecule has 11 heavy (non-hydrogen) atoms. The van der Waals surface area contributed by atoms with Crippen molar-refractivity contribution in [3.63, 3.8) is 0 Å². The van der Waals surface area contributed by atoms with Crippen molar-refractivity contribution in [2.24, 2.45) is 0 Å². The molecule has 7 heteroatoms. The van der Waals surface area contributed by atoms with Crippen LogP contribution in [0.2, 0.25) is 0 Å². The first-order valence-corrected chi connectivity index (χ1v) is 3.84. The summed E-state index contributed by atoms with van der Waals surface area (Å²) in [5.74, 6) is -1.30. The average Bonchev–Trinajstić information content (AvgIpc) is 1.86. The molecule has 0 aliphatic carbocycles. The Labute approximate surface area is 65.6 Å². The number of carboxylic acid groups (broad SMARTS) is 1. The highest BCUT2D eigenvalue weighted by Gasteiger charge is 2.15. The summed E-state index contributed by atoms with van der Waals surface area (Å²) in [5.41, 5.74) is 0. The molecule has 6 nitrogen and oxygen atoms in total. The summed E-state index contributed by atoms with van der Waals surface area (Å²) in [6.07, 6.45) is -0.136. The number of aliphatic carboxylic acids is 1. The topological polar surface area (TPSA) is 110 Å². The van der Waals surface area contributed by atoms with Crippen LogP contribution < -0.4 is 4.72 Å². The number of hydrogen-bond donors (Lipinski definition) is 3. The predicted molar refractivity (Wildman–Crippen MR) is 35.2 cm³/mol. The zero-order chi connectivity index (χ0) is 8.85. The SMILES string of the molecule is O=C(O)[C@H](CCO)NS(=O)[O-]. The lowest BCUT2D eigenvalue weighted by molar-refractivity contribution is -0.139. The Morgan fingerprint density at radius 1 is 1.73 bits per heavy atom. The monoisotopic (exact) mass is 182 g/mol. The van der Waals surface area contributed by atoms with Crippen LogP contribution in [0.15, 0.2) is 0 Å². The van der Waals surface area contributed by atoms with Gasteiger partial charge >= 0.3 is 5.97 Å². The third-order valence-electron chi connectivity index (χ3n) is 0.954. The van der Waals surface area contributed by atoms with E-state index in [4.69, 9.17) is 10.2 Å². The van der Waals surface area contributed by atoms with Gasteiger partial charge in [0.15, 0.2) is 0 Å². The van der Waals surface area contributed by atoms with E-state index in [0.717, 1.165) is 0 Å². The number of aliphatic hydroxyl groups excluding tert-OH is 1. The lowest BCUT2D eigenvalue weighted by Gasteiger charge is -2.13. The molecule has 0 aliphatic heterocycles. The Morgan fingerprint density at radius 3 is 2.55 bits per heavy atom. The highest BCUT2D eigenvalue weighted by molar-refractivity contribution is 7.77. The largest absolute Gasteiger partial charge is 0.760 e. The molecule has 0 saturated carbocycles. The first-order valence-electron chi connectivity index (χ1n) is 2.77. The smallest absolute Gasteiger partial charge is 0.321 e. The molecule has 0 amide bonds. The Kier molecular flexibility index (Phi) is 4.95. The molecule has 0 bridgehead atoms. The fourth-order valence-electron chi connectivity index (χ4n) is 0.478. The molecule has 0 spiro atoms. The second-order valence-electron chi connectivity index (χ2n) is 1.76. The first-order chi connectivity index (χ1) is 5.07. The molecule has 0 heterocycles. The van der Waals surface area contributed by atoms with Crippen molar-refractivity contribution in [3.8, 4) is 0 Å². The van der Waals surface area contributed by atoms with Crippen LogP contribution in [0, 0.1) is 0 Å². The summed E-state index contributed by atoms with van der Waals surface area (Å²) in [5, 5.41) is 16.6. The highest BCUT2D eigenvalue weighted by atomic mass is 32.2. The van der Waals surface area contributed by atoms with Crippen LogP contribution in [0.4, 0.5) is 0 Å². The summed E-state index contributed by atoms with van der Waals surface area (Å²) in [7, 11) is 0. The van der Waals surface area contributed by atoms with Gasteiger partial charge in [-0.3, -0.25) is 9.00 Å². The van der Waals surface area contributed by atoms with E-state index in [2.05, 4.69) is 0 Å². The zero-order valence-corrected chi connectivity index (χ0v) is 6.34. The normalized spacial score (nSPS) is 15.8. The molecule has 2 atom stereocenters. The van der Waals surface area contributed by atoms with Crippen LogP contribution in [-0.4, -0.2) is 37.6 Å². The molecule has 0 radical (unpaired) electrons. The average molecular weight is 182 g/mol. The highest BCUT2D eigenvalue weighted by Crippen LogP contribution is 1.90. The van der Waals surface area contributed by atoms with Crippen molar-refractivity contribution in [2.75, 3.05) is 6.61 Å². The van der Waals surface area contributed by atoms with Crippen molar-refractivity contribution >= 4 is 17.2 Å². The van der Waals surface area contributed by atoms with Crippen molar-refractivity contribution in [1.82, 2.24) is 4.72 Å². The number of hydrogen-bond acceptors (Lipinski definition) is 4. The van der Waals surface area contributed by atoms with Gasteiger partial charge in [-0.15, -0.1) is 0 Å². The Bertz CT molecular complexity index is 161. The summed E-state index contributed by atoms with van der Waals surface area (Å²) < 4.78 is 21.6. The minimum atomic E-state index is -2.61.